The van der Waals surface area contributed by atoms with E-state index >= 15 is 0 Å². The van der Waals surface area contributed by atoms with Crippen molar-refractivity contribution in [2.24, 2.45) is 0 Å². The molecule has 0 rings (SSSR count). The minimum atomic E-state index is -1.08. The number of nitrogens with zero attached hydrogens (tertiary/aromatic N) is 1. The molecule has 0 aromatic rings. The maximum absolute atomic E-state index is 10.7. The predicted octanol–water partition coefficient (Wildman–Crippen LogP) is 1.70. The van der Waals surface area contributed by atoms with E-state index in [-0.39, 0.29) is 0 Å². The zero-order chi connectivity index (χ0) is 6.57. The van der Waals surface area contributed by atoms with Gasteiger partial charge < -0.3 is 0 Å². The van der Waals surface area contributed by atoms with Crippen molar-refractivity contribution in [1.82, 2.24) is 4.67 Å². The first-order valence-corrected chi connectivity index (χ1v) is 4.54. The predicted molar refractivity (Wildman–Crippen MR) is 36.5 cm³/mol. The van der Waals surface area contributed by atoms with E-state index in [2.05, 4.69) is 0 Å². The van der Waals surface area contributed by atoms with Gasteiger partial charge >= 0.3 is 7.95 Å². The van der Waals surface area contributed by atoms with Gasteiger partial charge in [0.25, 0.3) is 0 Å². The zero-order valence-electron chi connectivity index (χ0n) is 5.72. The molecule has 0 aromatic heterocycles. The maximum atomic E-state index is 10.7. The molecule has 0 amide bonds. The van der Waals surface area contributed by atoms with Gasteiger partial charge in [-0.1, -0.05) is 9.24 Å². The van der Waals surface area contributed by atoms with Crippen LogP contribution in [0.5, 0.6) is 0 Å². The number of hydrogen-bond donors (Lipinski definition) is 0. The van der Waals surface area contributed by atoms with Crippen molar-refractivity contribution in [2.45, 2.75) is 13.8 Å². The van der Waals surface area contributed by atoms with E-state index in [1.54, 1.807) is 6.66 Å². The first kappa shape index (κ1) is 8.06. The summed E-state index contributed by atoms with van der Waals surface area (Å²) in [4.78, 5) is 0. The summed E-state index contributed by atoms with van der Waals surface area (Å²) in [7, 11) is -1.08. The second-order valence-corrected chi connectivity index (χ2v) is 3.10. The largest absolute Gasteiger partial charge is 0.431 e. The molecule has 0 aliphatic heterocycles. The van der Waals surface area contributed by atoms with Gasteiger partial charge in [-0.3, -0.25) is 0 Å². The highest BCUT2D eigenvalue weighted by Crippen LogP contribution is 2.19. The Balaban J connectivity index is 3.52. The van der Waals surface area contributed by atoms with E-state index in [1.807, 2.05) is 18.5 Å². The van der Waals surface area contributed by atoms with Gasteiger partial charge in [0, 0.05) is 13.1 Å². The summed E-state index contributed by atoms with van der Waals surface area (Å²) < 4.78 is 12.6. The van der Waals surface area contributed by atoms with Crippen LogP contribution in [0, 0.1) is 0 Å². The Morgan fingerprint density at radius 2 is 1.75 bits per heavy atom. The molecule has 2 nitrogen and oxygen atoms in total. The molecule has 0 spiro atoms. The van der Waals surface area contributed by atoms with E-state index in [4.69, 9.17) is 0 Å². The summed E-state index contributed by atoms with van der Waals surface area (Å²) >= 11 is 0. The van der Waals surface area contributed by atoms with E-state index in [0.717, 1.165) is 13.1 Å². The molecule has 48 valence electrons. The molecule has 0 heterocycles. The summed E-state index contributed by atoms with van der Waals surface area (Å²) in [5.41, 5.74) is 0. The molecule has 8 heavy (non-hydrogen) atoms. The minimum Gasteiger partial charge on any atom is -0.0976 e. The number of rotatable bonds is 3. The van der Waals surface area contributed by atoms with Crippen molar-refractivity contribution < 1.29 is 4.57 Å². The molecule has 0 aliphatic rings. The average Bonchev–Trinajstić information content (AvgIpc) is 1.69. The Bertz CT molecular complexity index is 80.5. The van der Waals surface area contributed by atoms with Gasteiger partial charge in [-0.15, -0.1) is 0 Å². The molecule has 0 aliphatic carbocycles. The van der Waals surface area contributed by atoms with E-state index in [9.17, 15) is 4.57 Å². The second kappa shape index (κ2) is 3.99. The van der Waals surface area contributed by atoms with Crippen molar-refractivity contribution in [2.75, 3.05) is 19.8 Å². The topological polar surface area (TPSA) is 20.3 Å². The van der Waals surface area contributed by atoms with Gasteiger partial charge in [-0.25, -0.2) is 0 Å². The second-order valence-electron chi connectivity index (χ2n) is 1.60. The molecule has 1 atom stereocenters. The molecule has 0 saturated heterocycles. The lowest BCUT2D eigenvalue weighted by molar-refractivity contribution is 0.464. The van der Waals surface area contributed by atoms with Gasteiger partial charge in [-0.2, -0.15) is 0 Å². The Morgan fingerprint density at radius 1 is 1.38 bits per heavy atom. The van der Waals surface area contributed by atoms with Crippen LogP contribution in [0.2, 0.25) is 0 Å². The number of hydrogen-bond acceptors (Lipinski definition) is 1. The van der Waals surface area contributed by atoms with Gasteiger partial charge in [-0.05, 0) is 13.8 Å². The third kappa shape index (κ3) is 2.39. The molecular formula is C5H13NOP+. The fourth-order valence-electron chi connectivity index (χ4n) is 0.622. The SMILES string of the molecule is CCN(CC)[P+](C)=O. The van der Waals surface area contributed by atoms with Crippen molar-refractivity contribution in [3.63, 3.8) is 0 Å². The molecule has 1 unspecified atom stereocenters. The first-order chi connectivity index (χ1) is 3.72. The molecule has 0 saturated carbocycles. The highest BCUT2D eigenvalue weighted by atomic mass is 31.1. The lowest BCUT2D eigenvalue weighted by Gasteiger charge is -2.00. The van der Waals surface area contributed by atoms with Crippen LogP contribution in [0.4, 0.5) is 0 Å². The lowest BCUT2D eigenvalue weighted by atomic mass is 10.7. The Kier molecular flexibility index (Phi) is 4.02. The van der Waals surface area contributed by atoms with Crippen LogP contribution in [-0.4, -0.2) is 24.4 Å². The molecule has 0 fully saturated rings. The maximum Gasteiger partial charge on any atom is 0.431 e. The fraction of sp³-hybridized carbons (Fsp3) is 1.00. The summed E-state index contributed by atoms with van der Waals surface area (Å²) in [6, 6.07) is 0. The van der Waals surface area contributed by atoms with Crippen LogP contribution in [-0.2, 0) is 4.57 Å². The highest BCUT2D eigenvalue weighted by Gasteiger charge is 2.14. The molecule has 0 radical (unpaired) electrons. The summed E-state index contributed by atoms with van der Waals surface area (Å²) in [6.45, 7) is 7.55. The smallest absolute Gasteiger partial charge is 0.0976 e. The zero-order valence-corrected chi connectivity index (χ0v) is 6.61. The lowest BCUT2D eigenvalue weighted by Crippen LogP contribution is -2.12. The molecule has 0 N–H and O–H groups in total. The van der Waals surface area contributed by atoms with Crippen LogP contribution >= 0.6 is 7.95 Å². The Hall–Kier alpha value is 0.0600. The van der Waals surface area contributed by atoms with E-state index in [1.165, 1.54) is 0 Å². The van der Waals surface area contributed by atoms with Crippen molar-refractivity contribution in [1.29, 1.82) is 0 Å². The van der Waals surface area contributed by atoms with Crippen molar-refractivity contribution in [3.05, 3.63) is 0 Å². The molecule has 0 bridgehead atoms. The van der Waals surface area contributed by atoms with Crippen LogP contribution < -0.4 is 0 Å². The highest BCUT2D eigenvalue weighted by molar-refractivity contribution is 7.41. The quantitative estimate of drug-likeness (QED) is 0.547. The third-order valence-corrected chi connectivity index (χ3v) is 2.49. The Morgan fingerprint density at radius 3 is 1.75 bits per heavy atom. The Labute approximate surface area is 51.7 Å². The standard InChI is InChI=1S/C5H13NOP/c1-4-6(5-2)8(3)7/h4-5H2,1-3H3/q+1. The monoisotopic (exact) mass is 134 g/mol. The van der Waals surface area contributed by atoms with Crippen LogP contribution in [0.1, 0.15) is 13.8 Å². The average molecular weight is 134 g/mol. The van der Waals surface area contributed by atoms with Crippen LogP contribution in [0.25, 0.3) is 0 Å². The molecular weight excluding hydrogens is 121 g/mol. The summed E-state index contributed by atoms with van der Waals surface area (Å²) in [5.74, 6) is 0. The molecule has 3 heteroatoms. The van der Waals surface area contributed by atoms with E-state index < -0.39 is 7.95 Å². The normalized spacial score (nSPS) is 12.2. The van der Waals surface area contributed by atoms with E-state index in [0.29, 0.717) is 0 Å². The van der Waals surface area contributed by atoms with Gasteiger partial charge in [0.05, 0.1) is 0 Å². The van der Waals surface area contributed by atoms with Crippen molar-refractivity contribution >= 4 is 7.95 Å². The fourth-order valence-corrected chi connectivity index (χ4v) is 1.42. The van der Waals surface area contributed by atoms with Gasteiger partial charge in [0.2, 0.25) is 0 Å². The van der Waals surface area contributed by atoms with Crippen LogP contribution in [0.15, 0.2) is 0 Å². The summed E-state index contributed by atoms with van der Waals surface area (Å²) in [6.07, 6.45) is 0. The molecule has 0 aromatic carbocycles. The van der Waals surface area contributed by atoms with Crippen molar-refractivity contribution in [3.8, 4) is 0 Å². The third-order valence-electron chi connectivity index (χ3n) is 1.13. The first-order valence-electron chi connectivity index (χ1n) is 2.88. The minimum absolute atomic E-state index is 0.891. The summed E-state index contributed by atoms with van der Waals surface area (Å²) in [5, 5.41) is 0. The van der Waals surface area contributed by atoms with Gasteiger partial charge in [0.15, 0.2) is 6.66 Å². The van der Waals surface area contributed by atoms with Crippen LogP contribution in [0.3, 0.4) is 0 Å². The van der Waals surface area contributed by atoms with Gasteiger partial charge in [0.1, 0.15) is 0 Å².